The molecule has 0 radical (unpaired) electrons. The van der Waals surface area contributed by atoms with Crippen LogP contribution in [0.3, 0.4) is 0 Å². The monoisotopic (exact) mass is 400 g/mol. The lowest BCUT2D eigenvalue weighted by Gasteiger charge is -2.34. The molecule has 0 saturated heterocycles. The highest BCUT2D eigenvalue weighted by atomic mass is 19.4. The van der Waals surface area contributed by atoms with Crippen LogP contribution in [0.15, 0.2) is 0 Å². The lowest BCUT2D eigenvalue weighted by Crippen LogP contribution is -2.62. The summed E-state index contributed by atoms with van der Waals surface area (Å²) >= 11 is 0. The standard InChI is InChI=1S/C11H11F11O3/c1-6(2,3)4-24-5(23)7(12,9(15,16)17)25-11(21,22)8(13,14)10(18,19)20/h4H2,1-3H3/t7-/m0/s1. The predicted molar refractivity (Wildman–Crippen MR) is 57.3 cm³/mol. The SMILES string of the molecule is CC(C)(C)COC(=O)[C@](F)(OC(F)(F)C(F)(F)C(F)(F)F)C(F)(F)F. The summed E-state index contributed by atoms with van der Waals surface area (Å²) in [6, 6.07) is 0. The van der Waals surface area contributed by atoms with Gasteiger partial charge in [0.15, 0.2) is 0 Å². The van der Waals surface area contributed by atoms with Gasteiger partial charge in [0.2, 0.25) is 0 Å². The number of carbonyl (C=O) groups is 1. The predicted octanol–water partition coefficient (Wildman–Crippen LogP) is 4.61. The van der Waals surface area contributed by atoms with E-state index in [1.807, 2.05) is 4.74 Å². The number of hydrogen-bond donors (Lipinski definition) is 0. The molecule has 0 saturated carbocycles. The van der Waals surface area contributed by atoms with Crippen molar-refractivity contribution in [2.24, 2.45) is 5.41 Å². The zero-order chi connectivity index (χ0) is 20.7. The Labute approximate surface area is 133 Å². The van der Waals surface area contributed by atoms with Gasteiger partial charge in [0.05, 0.1) is 6.61 Å². The molecule has 25 heavy (non-hydrogen) atoms. The quantitative estimate of drug-likeness (QED) is 0.500. The van der Waals surface area contributed by atoms with Crippen molar-refractivity contribution in [3.8, 4) is 0 Å². The van der Waals surface area contributed by atoms with E-state index in [1.165, 1.54) is 20.8 Å². The Bertz CT molecular complexity index is 489. The van der Waals surface area contributed by atoms with Crippen LogP contribution in [-0.2, 0) is 14.3 Å². The molecule has 0 aromatic heterocycles. The highest BCUT2D eigenvalue weighted by Crippen LogP contribution is 2.51. The Hall–Kier alpha value is -1.34. The van der Waals surface area contributed by atoms with Gasteiger partial charge < -0.3 is 4.74 Å². The van der Waals surface area contributed by atoms with Crippen LogP contribution in [0.4, 0.5) is 48.3 Å². The van der Waals surface area contributed by atoms with E-state index in [2.05, 4.69) is 4.74 Å². The van der Waals surface area contributed by atoms with Gasteiger partial charge >= 0.3 is 36.2 Å². The van der Waals surface area contributed by atoms with Gasteiger partial charge in [-0.05, 0) is 5.41 Å². The maximum absolute atomic E-state index is 13.7. The molecule has 0 spiro atoms. The maximum atomic E-state index is 13.7. The van der Waals surface area contributed by atoms with Crippen LogP contribution in [0.25, 0.3) is 0 Å². The van der Waals surface area contributed by atoms with E-state index in [0.717, 1.165) is 0 Å². The summed E-state index contributed by atoms with van der Waals surface area (Å²) in [4.78, 5) is 11.1. The molecular formula is C11H11F11O3. The molecule has 0 N–H and O–H groups in total. The molecule has 0 aromatic rings. The van der Waals surface area contributed by atoms with Crippen molar-refractivity contribution < 1.29 is 62.6 Å². The second-order valence-electron chi connectivity index (χ2n) is 5.92. The van der Waals surface area contributed by atoms with Crippen molar-refractivity contribution in [3.63, 3.8) is 0 Å². The first-order chi connectivity index (χ1) is 10.6. The molecule has 0 aliphatic carbocycles. The Morgan fingerprint density at radius 2 is 1.16 bits per heavy atom. The zero-order valence-electron chi connectivity index (χ0n) is 12.6. The highest BCUT2D eigenvalue weighted by Gasteiger charge is 2.80. The lowest BCUT2D eigenvalue weighted by molar-refractivity contribution is -0.475. The van der Waals surface area contributed by atoms with Crippen LogP contribution in [0.1, 0.15) is 20.8 Å². The summed E-state index contributed by atoms with van der Waals surface area (Å²) in [6.45, 7) is 2.70. The average molecular weight is 400 g/mol. The Balaban J connectivity index is 5.82. The van der Waals surface area contributed by atoms with Gasteiger partial charge in [-0.3, -0.25) is 4.74 Å². The molecule has 14 heteroatoms. The van der Waals surface area contributed by atoms with Gasteiger partial charge in [0.1, 0.15) is 0 Å². The third-order valence-corrected chi connectivity index (χ3v) is 2.25. The molecule has 0 fully saturated rings. The van der Waals surface area contributed by atoms with Crippen molar-refractivity contribution in [1.29, 1.82) is 0 Å². The minimum atomic E-state index is -7.23. The van der Waals surface area contributed by atoms with Gasteiger partial charge in [0, 0.05) is 0 Å². The number of alkyl halides is 11. The molecular weight excluding hydrogens is 389 g/mol. The van der Waals surface area contributed by atoms with Gasteiger partial charge in [-0.1, -0.05) is 20.8 Å². The third kappa shape index (κ3) is 5.07. The fourth-order valence-electron chi connectivity index (χ4n) is 0.996. The maximum Gasteiger partial charge on any atom is 0.462 e. The van der Waals surface area contributed by atoms with E-state index < -0.39 is 48.2 Å². The second kappa shape index (κ2) is 6.43. The molecule has 0 rings (SSSR count). The smallest absolute Gasteiger partial charge is 0.461 e. The third-order valence-electron chi connectivity index (χ3n) is 2.25. The molecule has 0 amide bonds. The number of halogens is 11. The molecule has 0 unspecified atom stereocenters. The van der Waals surface area contributed by atoms with E-state index in [-0.39, 0.29) is 0 Å². The first-order valence-corrected chi connectivity index (χ1v) is 6.04. The lowest BCUT2D eigenvalue weighted by atomic mass is 9.99. The molecule has 0 aromatic carbocycles. The molecule has 0 aliphatic heterocycles. The van der Waals surface area contributed by atoms with Crippen LogP contribution in [0, 0.1) is 5.41 Å². The first-order valence-electron chi connectivity index (χ1n) is 6.04. The summed E-state index contributed by atoms with van der Waals surface area (Å²) in [5.74, 6) is -16.8. The summed E-state index contributed by atoms with van der Waals surface area (Å²) in [6.07, 6.45) is -20.9. The Morgan fingerprint density at radius 3 is 1.44 bits per heavy atom. The fourth-order valence-corrected chi connectivity index (χ4v) is 0.996. The van der Waals surface area contributed by atoms with E-state index >= 15 is 0 Å². The van der Waals surface area contributed by atoms with Gasteiger partial charge in [-0.15, -0.1) is 0 Å². The van der Waals surface area contributed by atoms with Crippen molar-refractivity contribution in [2.75, 3.05) is 6.61 Å². The molecule has 0 bridgehead atoms. The minimum Gasteiger partial charge on any atom is -0.461 e. The van der Waals surface area contributed by atoms with E-state index in [4.69, 9.17) is 0 Å². The Kier molecular flexibility index (Phi) is 6.09. The van der Waals surface area contributed by atoms with Crippen molar-refractivity contribution in [2.45, 2.75) is 51.0 Å². The number of carbonyl (C=O) groups excluding carboxylic acids is 1. The number of hydrogen-bond acceptors (Lipinski definition) is 3. The number of esters is 1. The normalized spacial score (nSPS) is 17.2. The van der Waals surface area contributed by atoms with Crippen molar-refractivity contribution in [1.82, 2.24) is 0 Å². The highest BCUT2D eigenvalue weighted by molar-refractivity contribution is 5.79. The van der Waals surface area contributed by atoms with E-state index in [1.54, 1.807) is 0 Å². The summed E-state index contributed by atoms with van der Waals surface area (Å²) in [5.41, 5.74) is -1.12. The molecule has 1 atom stereocenters. The number of rotatable bonds is 5. The van der Waals surface area contributed by atoms with Crippen LogP contribution in [0.2, 0.25) is 0 Å². The summed E-state index contributed by atoms with van der Waals surface area (Å²) in [7, 11) is 0. The zero-order valence-corrected chi connectivity index (χ0v) is 12.6. The van der Waals surface area contributed by atoms with Gasteiger partial charge in [-0.25, -0.2) is 4.79 Å². The first kappa shape index (κ1) is 23.7. The molecule has 0 heterocycles. The van der Waals surface area contributed by atoms with E-state index in [9.17, 15) is 53.1 Å². The Morgan fingerprint density at radius 1 is 0.760 bits per heavy atom. The van der Waals surface area contributed by atoms with Gasteiger partial charge in [0.25, 0.3) is 0 Å². The fraction of sp³-hybridized carbons (Fsp3) is 0.909. The molecule has 0 aliphatic rings. The average Bonchev–Trinajstić information content (AvgIpc) is 2.31. The topological polar surface area (TPSA) is 35.5 Å². The van der Waals surface area contributed by atoms with Crippen LogP contribution < -0.4 is 0 Å². The minimum absolute atomic E-state index is 1.02. The molecule has 150 valence electrons. The number of ether oxygens (including phenoxy) is 2. The van der Waals surface area contributed by atoms with Crippen LogP contribution in [-0.4, -0.2) is 42.8 Å². The van der Waals surface area contributed by atoms with Crippen LogP contribution >= 0.6 is 0 Å². The van der Waals surface area contributed by atoms with Gasteiger partial charge in [-0.2, -0.15) is 48.3 Å². The second-order valence-corrected chi connectivity index (χ2v) is 5.92. The molecule has 3 nitrogen and oxygen atoms in total. The van der Waals surface area contributed by atoms with Crippen molar-refractivity contribution in [3.05, 3.63) is 0 Å². The summed E-state index contributed by atoms with van der Waals surface area (Å²) in [5, 5.41) is 0. The van der Waals surface area contributed by atoms with Crippen molar-refractivity contribution >= 4 is 5.97 Å². The van der Waals surface area contributed by atoms with E-state index in [0.29, 0.717) is 0 Å². The largest absolute Gasteiger partial charge is 0.462 e. The van der Waals surface area contributed by atoms with Crippen LogP contribution in [0.5, 0.6) is 0 Å². The summed E-state index contributed by atoms with van der Waals surface area (Å²) < 4.78 is 144.